The van der Waals surface area contributed by atoms with E-state index in [1.165, 1.54) is 4.90 Å². The molecule has 0 unspecified atom stereocenters. The van der Waals surface area contributed by atoms with Crippen molar-refractivity contribution in [2.45, 2.75) is 77.9 Å². The number of fused-ring (bicyclic) bond motifs is 1. The molecule has 0 saturated carbocycles. The van der Waals surface area contributed by atoms with E-state index in [0.717, 1.165) is 17.6 Å². The number of aliphatic hydroxyl groups excluding tert-OH is 3. The Morgan fingerprint density at radius 2 is 1.92 bits per heavy atom. The zero-order chi connectivity index (χ0) is 27.1. The maximum Gasteiger partial charge on any atom is 0.303 e. The number of carboxylic acids is 1. The fourth-order valence-corrected chi connectivity index (χ4v) is 5.71. The number of hydrogen-bond acceptors (Lipinski definition) is 7. The van der Waals surface area contributed by atoms with E-state index in [0.29, 0.717) is 55.6 Å². The zero-order valence-electron chi connectivity index (χ0n) is 21.7. The fourth-order valence-electron chi connectivity index (χ4n) is 5.71. The van der Waals surface area contributed by atoms with Gasteiger partial charge in [-0.15, -0.1) is 0 Å². The van der Waals surface area contributed by atoms with Gasteiger partial charge in [0.2, 0.25) is 11.8 Å². The van der Waals surface area contributed by atoms with Gasteiger partial charge in [-0.1, -0.05) is 24.5 Å². The van der Waals surface area contributed by atoms with Crippen LogP contribution in [0.5, 0.6) is 0 Å². The summed E-state index contributed by atoms with van der Waals surface area (Å²) in [4.78, 5) is 38.3. The van der Waals surface area contributed by atoms with Crippen LogP contribution < -0.4 is 0 Å². The molecule has 4 N–H and O–H groups in total. The Balaban J connectivity index is 1.67. The first-order valence-corrected chi connectivity index (χ1v) is 13.2. The molecule has 1 aliphatic heterocycles. The van der Waals surface area contributed by atoms with E-state index < -0.39 is 29.8 Å². The van der Waals surface area contributed by atoms with Gasteiger partial charge in [0, 0.05) is 18.9 Å². The maximum absolute atomic E-state index is 13.3. The summed E-state index contributed by atoms with van der Waals surface area (Å²) in [6, 6.07) is 3.50. The van der Waals surface area contributed by atoms with Gasteiger partial charge in [0.15, 0.2) is 0 Å². The lowest BCUT2D eigenvalue weighted by atomic mass is 9.68. The van der Waals surface area contributed by atoms with E-state index >= 15 is 0 Å². The molecule has 204 valence electrons. The second kappa shape index (κ2) is 13.2. The van der Waals surface area contributed by atoms with Crippen LogP contribution in [0.4, 0.5) is 0 Å². The predicted octanol–water partition coefficient (Wildman–Crippen LogP) is 3.28. The third-order valence-electron chi connectivity index (χ3n) is 7.63. The number of likely N-dealkylation sites (tertiary alicyclic amines) is 1. The van der Waals surface area contributed by atoms with Crippen LogP contribution >= 0.6 is 0 Å². The molecule has 2 heterocycles. The van der Waals surface area contributed by atoms with Crippen LogP contribution in [0.2, 0.25) is 0 Å². The summed E-state index contributed by atoms with van der Waals surface area (Å²) in [7, 11) is 0. The quantitative estimate of drug-likeness (QED) is 0.167. The van der Waals surface area contributed by atoms with Crippen molar-refractivity contribution in [2.24, 2.45) is 17.8 Å². The summed E-state index contributed by atoms with van der Waals surface area (Å²) in [5.41, 5.74) is 2.56. The van der Waals surface area contributed by atoms with Crippen molar-refractivity contribution in [3.05, 3.63) is 40.4 Å². The van der Waals surface area contributed by atoms with E-state index in [9.17, 15) is 29.7 Å². The lowest BCUT2D eigenvalue weighted by molar-refractivity contribution is -0.141. The Morgan fingerprint density at radius 3 is 2.54 bits per heavy atom. The fraction of sp³-hybridized carbons (Fsp3) is 0.607. The number of amides is 2. The average molecular weight is 518 g/mol. The summed E-state index contributed by atoms with van der Waals surface area (Å²) in [5.74, 6) is -2.14. The number of nitrogens with zero attached hydrogens (tertiary/aromatic N) is 1. The molecular weight excluding hydrogens is 478 g/mol. The second-order valence-electron chi connectivity index (χ2n) is 10.1. The molecule has 1 fully saturated rings. The number of carbonyl (C=O) groups excluding carboxylic acids is 2. The van der Waals surface area contributed by atoms with Crippen molar-refractivity contribution in [2.75, 3.05) is 13.2 Å². The first-order chi connectivity index (χ1) is 17.7. The molecule has 37 heavy (non-hydrogen) atoms. The third kappa shape index (κ3) is 6.77. The molecule has 1 aromatic rings. The van der Waals surface area contributed by atoms with Crippen molar-refractivity contribution in [3.63, 3.8) is 0 Å². The molecule has 0 spiro atoms. The van der Waals surface area contributed by atoms with Crippen LogP contribution in [0.1, 0.15) is 76.7 Å². The number of aliphatic hydroxyl groups is 3. The lowest BCUT2D eigenvalue weighted by Crippen LogP contribution is -2.39. The summed E-state index contributed by atoms with van der Waals surface area (Å²) >= 11 is 0. The standard InChI is InChI=1S/C28H39NO8/c1-3-18(14-19-9-10-20(15-30)37-19)8-11-23(32)25-17(2)13-21-26(22(25)16-31)28(36)29(27(21)35)12-6-4-5-7-24(33)34/h9-10,14,21-23,26,30-32H,3-8,11-13,15-16H2,1-2H3,(H,33,34)/b18-14+/t21-,22+,23-,26-/m1/s1. The number of aliphatic carboxylic acids is 1. The van der Waals surface area contributed by atoms with Crippen LogP contribution in [0.25, 0.3) is 6.08 Å². The number of rotatable bonds is 14. The van der Waals surface area contributed by atoms with Crippen LogP contribution in [0.15, 0.2) is 33.3 Å². The minimum absolute atomic E-state index is 0.0598. The SMILES string of the molecule is CC/C(=C\c1ccc(CO)o1)CC[C@@H](O)C1=C(C)C[C@H]2C(=O)N(CCCCCC(=O)O)C(=O)[C@H]2[C@H]1CO. The number of imide groups is 1. The molecule has 2 aliphatic rings. The number of furan rings is 1. The number of hydrogen-bond donors (Lipinski definition) is 4. The minimum Gasteiger partial charge on any atom is -0.481 e. The smallest absolute Gasteiger partial charge is 0.303 e. The topological polar surface area (TPSA) is 149 Å². The monoisotopic (exact) mass is 517 g/mol. The molecule has 3 rings (SSSR count). The van der Waals surface area contributed by atoms with Gasteiger partial charge in [0.05, 0.1) is 24.5 Å². The van der Waals surface area contributed by atoms with Crippen molar-refractivity contribution in [3.8, 4) is 0 Å². The largest absolute Gasteiger partial charge is 0.481 e. The van der Waals surface area contributed by atoms with E-state index in [-0.39, 0.29) is 38.0 Å². The number of carbonyl (C=O) groups is 3. The highest BCUT2D eigenvalue weighted by molar-refractivity contribution is 6.05. The minimum atomic E-state index is -0.865. The Labute approximate surface area is 217 Å². The molecule has 0 bridgehead atoms. The van der Waals surface area contributed by atoms with Gasteiger partial charge in [-0.3, -0.25) is 19.3 Å². The van der Waals surface area contributed by atoms with Crippen molar-refractivity contribution in [1.29, 1.82) is 0 Å². The molecule has 9 nitrogen and oxygen atoms in total. The van der Waals surface area contributed by atoms with Crippen molar-refractivity contribution >= 4 is 23.9 Å². The van der Waals surface area contributed by atoms with E-state index in [2.05, 4.69) is 0 Å². The Bertz CT molecular complexity index is 1040. The number of unbranched alkanes of at least 4 members (excludes halogenated alkanes) is 2. The molecule has 4 atom stereocenters. The lowest BCUT2D eigenvalue weighted by Gasteiger charge is -2.35. The van der Waals surface area contributed by atoms with Crippen LogP contribution in [0.3, 0.4) is 0 Å². The highest BCUT2D eigenvalue weighted by Gasteiger charge is 2.54. The normalized spacial score (nSPS) is 23.1. The molecule has 0 radical (unpaired) electrons. The first kappa shape index (κ1) is 28.8. The van der Waals surface area contributed by atoms with Crippen LogP contribution in [-0.4, -0.2) is 62.4 Å². The van der Waals surface area contributed by atoms with Gasteiger partial charge in [-0.25, -0.2) is 0 Å². The van der Waals surface area contributed by atoms with Gasteiger partial charge in [-0.05, 0) is 69.2 Å². The first-order valence-electron chi connectivity index (χ1n) is 13.2. The van der Waals surface area contributed by atoms with Crippen LogP contribution in [-0.2, 0) is 21.0 Å². The van der Waals surface area contributed by atoms with Crippen LogP contribution in [0, 0.1) is 17.8 Å². The summed E-state index contributed by atoms with van der Waals surface area (Å²) in [5, 5.41) is 39.4. The molecule has 0 aromatic carbocycles. The second-order valence-corrected chi connectivity index (χ2v) is 10.1. The highest BCUT2D eigenvalue weighted by atomic mass is 16.4. The average Bonchev–Trinajstić information content (AvgIpc) is 3.42. The Kier molecular flexibility index (Phi) is 10.3. The molecule has 9 heteroatoms. The third-order valence-corrected chi connectivity index (χ3v) is 7.63. The van der Waals surface area contributed by atoms with E-state index in [1.807, 2.05) is 19.9 Å². The Morgan fingerprint density at radius 1 is 1.16 bits per heavy atom. The van der Waals surface area contributed by atoms with Gasteiger partial charge in [-0.2, -0.15) is 0 Å². The van der Waals surface area contributed by atoms with Crippen molar-refractivity contribution in [1.82, 2.24) is 4.90 Å². The van der Waals surface area contributed by atoms with E-state index in [1.54, 1.807) is 12.1 Å². The summed E-state index contributed by atoms with van der Waals surface area (Å²) in [6.07, 6.45) is 4.87. The van der Waals surface area contributed by atoms with Gasteiger partial charge in [0.1, 0.15) is 18.1 Å². The molecule has 1 aromatic heterocycles. The molecule has 1 aliphatic carbocycles. The maximum atomic E-state index is 13.3. The molecule has 2 amide bonds. The highest BCUT2D eigenvalue weighted by Crippen LogP contribution is 2.46. The molecular formula is C28H39NO8. The number of allylic oxidation sites excluding steroid dienone is 2. The van der Waals surface area contributed by atoms with Gasteiger partial charge < -0.3 is 24.8 Å². The van der Waals surface area contributed by atoms with E-state index in [4.69, 9.17) is 9.52 Å². The van der Waals surface area contributed by atoms with Gasteiger partial charge >= 0.3 is 5.97 Å². The predicted molar refractivity (Wildman–Crippen MR) is 136 cm³/mol. The van der Waals surface area contributed by atoms with Crippen molar-refractivity contribution < 1.29 is 39.2 Å². The molecule has 1 saturated heterocycles. The zero-order valence-corrected chi connectivity index (χ0v) is 21.7. The Hall–Kier alpha value is -2.75. The number of carboxylic acid groups (broad SMARTS) is 1. The summed E-state index contributed by atoms with van der Waals surface area (Å²) in [6.45, 7) is 3.62. The summed E-state index contributed by atoms with van der Waals surface area (Å²) < 4.78 is 5.54. The van der Waals surface area contributed by atoms with Gasteiger partial charge in [0.25, 0.3) is 0 Å².